The van der Waals surface area contributed by atoms with Gasteiger partial charge < -0.3 is 19.7 Å². The summed E-state index contributed by atoms with van der Waals surface area (Å²) in [6.45, 7) is 5.47. The van der Waals surface area contributed by atoms with Crippen LogP contribution in [0.1, 0.15) is 18.6 Å². The summed E-state index contributed by atoms with van der Waals surface area (Å²) < 4.78 is 2.09. The maximum atomic E-state index is 11.9. The van der Waals surface area contributed by atoms with Crippen molar-refractivity contribution in [3.8, 4) is 11.3 Å². The van der Waals surface area contributed by atoms with Crippen LogP contribution in [-0.2, 0) is 7.05 Å². The molecule has 0 saturated heterocycles. The molecule has 1 N–H and O–H groups in total. The number of aryl methyl sites for hydroxylation is 3. The molecule has 0 bridgehead atoms. The van der Waals surface area contributed by atoms with Crippen LogP contribution >= 0.6 is 0 Å². The van der Waals surface area contributed by atoms with E-state index in [0.29, 0.717) is 23.9 Å². The van der Waals surface area contributed by atoms with E-state index in [1.165, 1.54) is 5.56 Å². The van der Waals surface area contributed by atoms with Crippen LogP contribution < -0.4 is 10.2 Å². The van der Waals surface area contributed by atoms with E-state index in [4.69, 9.17) is 4.98 Å². The third-order valence-electron chi connectivity index (χ3n) is 6.14. The largest absolute Gasteiger partial charge is 0.368 e. The first kappa shape index (κ1) is 26.6. The molecule has 0 spiro atoms. The molecule has 0 aliphatic carbocycles. The van der Waals surface area contributed by atoms with Crippen LogP contribution in [0.2, 0.25) is 0 Å². The van der Waals surface area contributed by atoms with Crippen LogP contribution in [0.3, 0.4) is 0 Å². The number of anilines is 3. The zero-order valence-electron chi connectivity index (χ0n) is 21.0. The van der Waals surface area contributed by atoms with Gasteiger partial charge in [0.05, 0.1) is 16.3 Å². The van der Waals surface area contributed by atoms with Crippen LogP contribution in [0.25, 0.3) is 22.2 Å². The van der Waals surface area contributed by atoms with Gasteiger partial charge in [-0.2, -0.15) is 0 Å². The summed E-state index contributed by atoms with van der Waals surface area (Å²) in [5.41, 5.74) is 6.22. The maximum Gasteiger partial charge on any atom is 0.294 e. The highest BCUT2D eigenvalue weighted by molar-refractivity contribution is 5.95. The van der Waals surface area contributed by atoms with Crippen LogP contribution in [0, 0.1) is 24.0 Å². The van der Waals surface area contributed by atoms with E-state index in [1.54, 1.807) is 12.3 Å². The predicted octanol–water partition coefficient (Wildman–Crippen LogP) is 5.54. The average molecular weight is 490 g/mol. The lowest BCUT2D eigenvalue weighted by Crippen LogP contribution is -2.29. The van der Waals surface area contributed by atoms with Gasteiger partial charge in [-0.05, 0) is 57.3 Å². The molecule has 0 unspecified atom stereocenters. The molecule has 0 amide bonds. The first-order chi connectivity index (χ1) is 16.6. The van der Waals surface area contributed by atoms with E-state index in [1.807, 2.05) is 57.0 Å². The molecule has 0 radical (unpaired) electrons. The highest BCUT2D eigenvalue weighted by atomic mass is 16.6. The number of nitro benzene ring substituents is 1. The Balaban J connectivity index is 0.00000361. The number of hydrogen-bond donors (Lipinski definition) is 1. The molecule has 9 heteroatoms. The Kier molecular flexibility index (Phi) is 7.94. The number of rotatable bonds is 8. The highest BCUT2D eigenvalue weighted by Gasteiger charge is 2.21. The van der Waals surface area contributed by atoms with Crippen molar-refractivity contribution in [1.82, 2.24) is 19.4 Å². The van der Waals surface area contributed by atoms with Crippen molar-refractivity contribution >= 4 is 33.9 Å². The number of likely N-dealkylation sites (N-methyl/N-ethyl adjacent to an activating group) is 2. The Morgan fingerprint density at radius 1 is 1.08 bits per heavy atom. The van der Waals surface area contributed by atoms with E-state index in [9.17, 15) is 10.1 Å². The second kappa shape index (κ2) is 10.7. The van der Waals surface area contributed by atoms with Gasteiger partial charge in [0.25, 0.3) is 5.69 Å². The summed E-state index contributed by atoms with van der Waals surface area (Å²) in [5.74, 6) is 0.387. The number of nitrogens with zero attached hydrogens (tertiary/aromatic N) is 6. The van der Waals surface area contributed by atoms with Gasteiger partial charge in [0.2, 0.25) is 5.95 Å². The van der Waals surface area contributed by atoms with Crippen LogP contribution in [0.15, 0.2) is 48.8 Å². The van der Waals surface area contributed by atoms with Crippen molar-refractivity contribution in [2.75, 3.05) is 44.4 Å². The Hall–Kier alpha value is -3.98. The lowest BCUT2D eigenvalue weighted by Gasteiger charge is -2.22. The minimum absolute atomic E-state index is 0. The minimum atomic E-state index is -0.346. The van der Waals surface area contributed by atoms with Gasteiger partial charge in [-0.3, -0.25) is 10.1 Å². The molecule has 0 aliphatic rings. The van der Waals surface area contributed by atoms with E-state index in [0.717, 1.165) is 34.3 Å². The summed E-state index contributed by atoms with van der Waals surface area (Å²) in [7, 11) is 7.85. The lowest BCUT2D eigenvalue weighted by atomic mass is 10.1. The van der Waals surface area contributed by atoms with Crippen molar-refractivity contribution in [2.24, 2.45) is 7.05 Å². The van der Waals surface area contributed by atoms with E-state index in [-0.39, 0.29) is 18.0 Å². The maximum absolute atomic E-state index is 11.9. The van der Waals surface area contributed by atoms with Gasteiger partial charge in [-0.1, -0.05) is 19.6 Å². The SMILES string of the molecule is C.Cc1ccc2c(-c3ccnc(Nc4cc([N+](=O)[O-])c(N(C)CCN(C)C)cc4C)n3)cn(C)c2c1. The van der Waals surface area contributed by atoms with E-state index in [2.05, 4.69) is 46.2 Å². The van der Waals surface area contributed by atoms with Crippen LogP contribution in [0.5, 0.6) is 0 Å². The molecule has 2 aromatic carbocycles. The fourth-order valence-electron chi connectivity index (χ4n) is 4.13. The molecule has 4 aromatic rings. The molecule has 2 heterocycles. The molecule has 0 aliphatic heterocycles. The van der Waals surface area contributed by atoms with Gasteiger partial charge in [0.15, 0.2) is 0 Å². The number of nitro groups is 1. The first-order valence-corrected chi connectivity index (χ1v) is 11.4. The quantitative estimate of drug-likeness (QED) is 0.257. The minimum Gasteiger partial charge on any atom is -0.368 e. The fraction of sp³-hybridized carbons (Fsp3) is 0.333. The third kappa shape index (κ3) is 5.46. The topological polar surface area (TPSA) is 92.4 Å². The third-order valence-corrected chi connectivity index (χ3v) is 6.14. The number of nitrogens with one attached hydrogen (secondary N) is 1. The van der Waals surface area contributed by atoms with Crippen molar-refractivity contribution in [1.29, 1.82) is 0 Å². The lowest BCUT2D eigenvalue weighted by molar-refractivity contribution is -0.384. The first-order valence-electron chi connectivity index (χ1n) is 11.4. The molecule has 0 saturated carbocycles. The average Bonchev–Trinajstić information content (AvgIpc) is 3.14. The van der Waals surface area contributed by atoms with E-state index >= 15 is 0 Å². The number of aromatic nitrogens is 3. The van der Waals surface area contributed by atoms with Gasteiger partial charge in [0, 0.05) is 62.1 Å². The second-order valence-corrected chi connectivity index (χ2v) is 9.20. The second-order valence-electron chi connectivity index (χ2n) is 9.20. The molecule has 36 heavy (non-hydrogen) atoms. The summed E-state index contributed by atoms with van der Waals surface area (Å²) in [6.07, 6.45) is 3.76. The normalized spacial score (nSPS) is 11.0. The summed E-state index contributed by atoms with van der Waals surface area (Å²) >= 11 is 0. The molecular formula is C27H35N7O2. The Morgan fingerprint density at radius 2 is 1.83 bits per heavy atom. The van der Waals surface area contributed by atoms with Crippen molar-refractivity contribution in [2.45, 2.75) is 21.3 Å². The van der Waals surface area contributed by atoms with Crippen molar-refractivity contribution in [3.05, 3.63) is 70.0 Å². The molecule has 4 rings (SSSR count). The van der Waals surface area contributed by atoms with Gasteiger partial charge in [-0.15, -0.1) is 0 Å². The van der Waals surface area contributed by atoms with Crippen LogP contribution in [0.4, 0.5) is 23.0 Å². The zero-order valence-corrected chi connectivity index (χ0v) is 21.0. The Labute approximate surface area is 212 Å². The van der Waals surface area contributed by atoms with Crippen LogP contribution in [-0.4, -0.2) is 58.6 Å². The van der Waals surface area contributed by atoms with Gasteiger partial charge >= 0.3 is 0 Å². The number of fused-ring (bicyclic) bond motifs is 1. The van der Waals surface area contributed by atoms with Crippen molar-refractivity contribution in [3.63, 3.8) is 0 Å². The molecule has 0 atom stereocenters. The Bertz CT molecular complexity index is 1390. The fourth-order valence-corrected chi connectivity index (χ4v) is 4.13. The highest BCUT2D eigenvalue weighted by Crippen LogP contribution is 2.35. The molecular weight excluding hydrogens is 454 g/mol. The predicted molar refractivity (Wildman–Crippen MR) is 148 cm³/mol. The monoisotopic (exact) mass is 489 g/mol. The summed E-state index contributed by atoms with van der Waals surface area (Å²) in [5, 5.41) is 16.2. The summed E-state index contributed by atoms with van der Waals surface area (Å²) in [6, 6.07) is 11.6. The standard InChI is InChI=1S/C26H31N7O2.CH4/c1-17-7-8-19-20(16-32(6)23(19)13-17)21-9-10-27-26(28-21)29-22-15-25(33(34)35)24(14-18(22)2)31(5)12-11-30(3)4;/h7-10,13-16H,11-12H2,1-6H3,(H,27,28,29);1H4. The van der Waals surface area contributed by atoms with Gasteiger partial charge in [-0.25, -0.2) is 9.97 Å². The molecule has 190 valence electrons. The van der Waals surface area contributed by atoms with E-state index < -0.39 is 0 Å². The summed E-state index contributed by atoms with van der Waals surface area (Å²) in [4.78, 5) is 24.6. The molecule has 9 nitrogen and oxygen atoms in total. The number of hydrogen-bond acceptors (Lipinski definition) is 7. The van der Waals surface area contributed by atoms with Gasteiger partial charge in [0.1, 0.15) is 5.69 Å². The molecule has 0 fully saturated rings. The smallest absolute Gasteiger partial charge is 0.294 e. The molecule has 2 aromatic heterocycles. The van der Waals surface area contributed by atoms with Crippen molar-refractivity contribution < 1.29 is 4.92 Å². The zero-order chi connectivity index (χ0) is 25.3. The Morgan fingerprint density at radius 3 is 2.53 bits per heavy atom. The number of benzene rings is 2.